The van der Waals surface area contributed by atoms with Crippen molar-refractivity contribution in [1.82, 2.24) is 9.80 Å². The van der Waals surface area contributed by atoms with Crippen LogP contribution in [-0.2, 0) is 32.1 Å². The van der Waals surface area contributed by atoms with Gasteiger partial charge in [0.15, 0.2) is 34.7 Å². The molecule has 220 valence electrons. The number of primary amides is 1. The van der Waals surface area contributed by atoms with E-state index in [0.717, 1.165) is 18.4 Å². The quantitative estimate of drug-likeness (QED) is 0.389. The number of aromatic hydroxyl groups is 1. The fourth-order valence-electron chi connectivity index (χ4n) is 8.35. The van der Waals surface area contributed by atoms with Crippen LogP contribution in [0, 0.1) is 29.6 Å². The molecule has 41 heavy (non-hydrogen) atoms. The molecule has 6 rings (SSSR count). The van der Waals surface area contributed by atoms with Gasteiger partial charge in [-0.3, -0.25) is 33.8 Å². The van der Waals surface area contributed by atoms with Gasteiger partial charge in [0.2, 0.25) is 5.91 Å². The number of carbonyl (C=O) groups excluding carboxylic acids is 5. The number of fused-ring (bicyclic) bond motifs is 3. The number of ketones is 4. The standard InChI is InChI=1S/C30H37N3O8/c1-32(2)22-17-10-13-9-16-20(23(35)19(13)26(37)30(17,40)27(38)21(24(22)36)28(31)39)18(34)11-14(25(16)41-4)12-33(3)29(7-8-29)15-5-6-15/h11,13,15,17,19,21-22,34,40H,5-10,12H2,1-4H3,(H2,31,39)/t13-,17-,19?,21?,22-,30-/m0/s1. The Kier molecular flexibility index (Phi) is 6.26. The van der Waals surface area contributed by atoms with Crippen molar-refractivity contribution >= 4 is 29.0 Å². The molecule has 0 saturated heterocycles. The molecule has 5 aliphatic rings. The van der Waals surface area contributed by atoms with Gasteiger partial charge in [-0.15, -0.1) is 0 Å². The number of nitrogens with two attached hydrogens (primary N) is 1. The van der Waals surface area contributed by atoms with E-state index in [9.17, 15) is 34.2 Å². The second-order valence-electron chi connectivity index (χ2n) is 13.0. The zero-order valence-corrected chi connectivity index (χ0v) is 23.8. The molecule has 2 unspecified atom stereocenters. The number of ether oxygens (including phenoxy) is 1. The first-order chi connectivity index (χ1) is 19.3. The van der Waals surface area contributed by atoms with E-state index < -0.39 is 64.4 Å². The van der Waals surface area contributed by atoms with Crippen LogP contribution in [0.1, 0.15) is 53.6 Å². The lowest BCUT2D eigenvalue weighted by molar-refractivity contribution is -0.181. The number of likely N-dealkylation sites (N-methyl/N-ethyl adjacent to an activating group) is 1. The average molecular weight is 568 g/mol. The third-order valence-corrected chi connectivity index (χ3v) is 10.6. The number of aliphatic hydroxyl groups is 1. The molecule has 0 bridgehead atoms. The lowest BCUT2D eigenvalue weighted by Gasteiger charge is -2.52. The molecular formula is C30H37N3O8. The Morgan fingerprint density at radius 1 is 1.12 bits per heavy atom. The molecule has 4 fully saturated rings. The molecule has 0 heterocycles. The highest BCUT2D eigenvalue weighted by Gasteiger charge is 2.69. The maximum Gasteiger partial charge on any atom is 0.235 e. The van der Waals surface area contributed by atoms with Crippen LogP contribution in [0.2, 0.25) is 0 Å². The van der Waals surface area contributed by atoms with Crippen molar-refractivity contribution in [3.63, 3.8) is 0 Å². The number of hydrogen-bond donors (Lipinski definition) is 3. The van der Waals surface area contributed by atoms with Gasteiger partial charge < -0.3 is 20.7 Å². The van der Waals surface area contributed by atoms with Crippen molar-refractivity contribution in [3.05, 3.63) is 22.8 Å². The summed E-state index contributed by atoms with van der Waals surface area (Å²) >= 11 is 0. The minimum Gasteiger partial charge on any atom is -0.507 e. The predicted octanol–water partition coefficient (Wildman–Crippen LogP) is 0.250. The summed E-state index contributed by atoms with van der Waals surface area (Å²) in [5.41, 5.74) is 3.98. The number of amides is 1. The lowest BCUT2D eigenvalue weighted by atomic mass is 9.52. The fraction of sp³-hybridized carbons (Fsp3) is 0.633. The molecule has 0 radical (unpaired) electrons. The van der Waals surface area contributed by atoms with Crippen molar-refractivity contribution in [2.45, 2.75) is 62.3 Å². The molecule has 4 saturated carbocycles. The van der Waals surface area contributed by atoms with Gasteiger partial charge >= 0.3 is 0 Å². The molecule has 0 aromatic heterocycles. The molecule has 1 aromatic carbocycles. The van der Waals surface area contributed by atoms with Crippen molar-refractivity contribution in [1.29, 1.82) is 0 Å². The minimum absolute atomic E-state index is 0.00271. The van der Waals surface area contributed by atoms with Crippen LogP contribution in [0.5, 0.6) is 11.5 Å². The topological polar surface area (TPSA) is 168 Å². The van der Waals surface area contributed by atoms with E-state index in [1.54, 1.807) is 14.1 Å². The zero-order valence-electron chi connectivity index (χ0n) is 23.8. The van der Waals surface area contributed by atoms with Crippen LogP contribution in [0.15, 0.2) is 6.07 Å². The summed E-state index contributed by atoms with van der Waals surface area (Å²) in [5.74, 6) is -9.40. The molecular weight excluding hydrogens is 530 g/mol. The van der Waals surface area contributed by atoms with Crippen LogP contribution in [0.4, 0.5) is 0 Å². The molecule has 0 aliphatic heterocycles. The Morgan fingerprint density at radius 2 is 1.78 bits per heavy atom. The van der Waals surface area contributed by atoms with E-state index in [1.807, 2.05) is 0 Å². The number of hydrogen-bond acceptors (Lipinski definition) is 10. The summed E-state index contributed by atoms with van der Waals surface area (Å²) in [6.45, 7) is 0.518. The summed E-state index contributed by atoms with van der Waals surface area (Å²) in [6.07, 6.45) is 4.87. The highest BCUT2D eigenvalue weighted by molar-refractivity contribution is 6.32. The SMILES string of the molecule is COc1c(CN(C)C2(C3CC3)CC2)cc(O)c2c1C[C@H]1C[C@H]3[C@H](N(C)C)C(=O)C(C(N)=O)C(=O)[C@@]3(O)C(=O)C1C2=O. The summed E-state index contributed by atoms with van der Waals surface area (Å²) < 4.78 is 5.83. The third-order valence-electron chi connectivity index (χ3n) is 10.6. The average Bonchev–Trinajstić information content (AvgIpc) is 3.79. The van der Waals surface area contributed by atoms with Crippen LogP contribution < -0.4 is 10.5 Å². The van der Waals surface area contributed by atoms with Crippen LogP contribution in [0.3, 0.4) is 0 Å². The molecule has 4 N–H and O–H groups in total. The van der Waals surface area contributed by atoms with Gasteiger partial charge in [0, 0.05) is 29.1 Å². The van der Waals surface area contributed by atoms with E-state index >= 15 is 0 Å². The molecule has 11 heteroatoms. The molecule has 5 aliphatic carbocycles. The van der Waals surface area contributed by atoms with E-state index in [0.29, 0.717) is 23.8 Å². The van der Waals surface area contributed by atoms with Crippen molar-refractivity contribution in [3.8, 4) is 11.5 Å². The van der Waals surface area contributed by atoms with Gasteiger partial charge in [0.05, 0.1) is 24.6 Å². The number of nitrogens with zero attached hydrogens (tertiary/aromatic N) is 2. The second-order valence-corrected chi connectivity index (χ2v) is 13.0. The number of Topliss-reactive ketones (excluding diaryl/α,β-unsaturated/α-hetero) is 4. The van der Waals surface area contributed by atoms with Gasteiger partial charge in [-0.1, -0.05) is 0 Å². The molecule has 1 amide bonds. The largest absolute Gasteiger partial charge is 0.507 e. The van der Waals surface area contributed by atoms with Crippen LogP contribution >= 0.6 is 0 Å². The smallest absolute Gasteiger partial charge is 0.235 e. The maximum absolute atomic E-state index is 14.0. The lowest BCUT2D eigenvalue weighted by Crippen LogP contribution is -2.74. The van der Waals surface area contributed by atoms with E-state index in [2.05, 4.69) is 11.9 Å². The second kappa shape index (κ2) is 9.17. The maximum atomic E-state index is 14.0. The van der Waals surface area contributed by atoms with Gasteiger partial charge in [-0.25, -0.2) is 0 Å². The van der Waals surface area contributed by atoms with E-state index in [-0.39, 0.29) is 29.7 Å². The predicted molar refractivity (Wildman–Crippen MR) is 144 cm³/mol. The number of benzene rings is 1. The molecule has 11 nitrogen and oxygen atoms in total. The van der Waals surface area contributed by atoms with Crippen LogP contribution in [0.25, 0.3) is 0 Å². The summed E-state index contributed by atoms with van der Waals surface area (Å²) in [7, 11) is 6.70. The highest BCUT2D eigenvalue weighted by Crippen LogP contribution is 2.58. The first-order valence-corrected chi connectivity index (χ1v) is 14.3. The van der Waals surface area contributed by atoms with E-state index in [1.165, 1.54) is 30.9 Å². The molecule has 6 atom stereocenters. The van der Waals surface area contributed by atoms with Gasteiger partial charge in [0.25, 0.3) is 0 Å². The van der Waals surface area contributed by atoms with Gasteiger partial charge in [0.1, 0.15) is 11.5 Å². The fourth-order valence-corrected chi connectivity index (χ4v) is 8.35. The summed E-state index contributed by atoms with van der Waals surface area (Å²) in [6, 6.07) is 0.375. The molecule has 0 spiro atoms. The van der Waals surface area contributed by atoms with Crippen LogP contribution in [-0.4, -0.2) is 94.5 Å². The number of methoxy groups -OCH3 is 1. The zero-order chi connectivity index (χ0) is 29.8. The number of phenolic OH excluding ortho intramolecular Hbond substituents is 1. The Morgan fingerprint density at radius 3 is 2.32 bits per heavy atom. The Labute approximate surface area is 238 Å². The number of phenols is 1. The number of rotatable bonds is 7. The monoisotopic (exact) mass is 567 g/mol. The highest BCUT2D eigenvalue weighted by atomic mass is 16.5. The first kappa shape index (κ1) is 28.0. The number of carbonyl (C=O) groups is 5. The van der Waals surface area contributed by atoms with Gasteiger partial charge in [-0.2, -0.15) is 0 Å². The Hall–Kier alpha value is -3.15. The van der Waals surface area contributed by atoms with Crippen molar-refractivity contribution in [2.24, 2.45) is 35.3 Å². The Bertz CT molecular complexity index is 1400. The third kappa shape index (κ3) is 3.78. The summed E-state index contributed by atoms with van der Waals surface area (Å²) in [5, 5.41) is 22.8. The normalized spacial score (nSPS) is 33.9. The van der Waals surface area contributed by atoms with Crippen molar-refractivity contribution in [2.75, 3.05) is 28.3 Å². The first-order valence-electron chi connectivity index (χ1n) is 14.3. The Balaban J connectivity index is 1.41. The minimum atomic E-state index is -2.74. The summed E-state index contributed by atoms with van der Waals surface area (Å²) in [4.78, 5) is 70.5. The van der Waals surface area contributed by atoms with Gasteiger partial charge in [-0.05, 0) is 77.6 Å². The van der Waals surface area contributed by atoms with Crippen molar-refractivity contribution < 1.29 is 38.9 Å². The molecule has 1 aromatic rings. The van der Waals surface area contributed by atoms with E-state index in [4.69, 9.17) is 10.5 Å².